The number of aryl methyl sites for hydroxylation is 1. The second-order valence-corrected chi connectivity index (χ2v) is 9.11. The number of hydrogen-bond acceptors (Lipinski definition) is 5. The minimum atomic E-state index is -0.383. The van der Waals surface area contributed by atoms with E-state index in [0.717, 1.165) is 11.1 Å². The molecule has 4 aromatic rings. The number of aliphatic hydroxyl groups is 1. The minimum absolute atomic E-state index is 0.185. The van der Waals surface area contributed by atoms with E-state index in [2.05, 4.69) is 14.7 Å². The molecular formula is C28H25F2N5O2. The Morgan fingerprint density at radius 3 is 2.22 bits per heavy atom. The van der Waals surface area contributed by atoms with Crippen LogP contribution in [-0.4, -0.2) is 51.8 Å². The molecule has 5 rings (SSSR count). The van der Waals surface area contributed by atoms with E-state index < -0.39 is 0 Å². The highest BCUT2D eigenvalue weighted by molar-refractivity contribution is 5.89. The van der Waals surface area contributed by atoms with E-state index in [1.165, 1.54) is 34.9 Å². The van der Waals surface area contributed by atoms with Crippen molar-refractivity contribution in [3.05, 3.63) is 111 Å². The van der Waals surface area contributed by atoms with Gasteiger partial charge in [0.05, 0.1) is 29.9 Å². The van der Waals surface area contributed by atoms with Gasteiger partial charge < -0.3 is 19.4 Å². The number of aliphatic hydroxyl groups excluding tert-OH is 1. The van der Waals surface area contributed by atoms with Crippen LogP contribution in [0.15, 0.2) is 71.5 Å². The Labute approximate surface area is 212 Å². The van der Waals surface area contributed by atoms with E-state index in [-0.39, 0.29) is 41.7 Å². The second kappa shape index (κ2) is 10.1. The molecule has 1 saturated heterocycles. The Hall–Kier alpha value is -4.13. The van der Waals surface area contributed by atoms with Gasteiger partial charge in [0.2, 0.25) is 5.52 Å². The third-order valence-corrected chi connectivity index (χ3v) is 6.94. The van der Waals surface area contributed by atoms with Gasteiger partial charge in [0.1, 0.15) is 11.6 Å². The Kier molecular flexibility index (Phi) is 6.70. The van der Waals surface area contributed by atoms with Gasteiger partial charge in [-0.2, -0.15) is 0 Å². The van der Waals surface area contributed by atoms with Gasteiger partial charge in [-0.15, -0.1) is 4.98 Å². The van der Waals surface area contributed by atoms with Crippen LogP contribution >= 0.6 is 0 Å². The number of rotatable bonds is 5. The molecule has 1 fully saturated rings. The SMILES string of the molecule is [C-]#[N+]c1ccc2c(n1)c(N1CCN(C(c3ccc(F)cc3)c3ccc(F)cc3)CC1CO)cc(=O)n2C. The summed E-state index contributed by atoms with van der Waals surface area (Å²) in [5.74, 6) is -0.466. The van der Waals surface area contributed by atoms with Crippen LogP contribution in [0, 0.1) is 18.2 Å². The predicted octanol–water partition coefficient (Wildman–Crippen LogP) is 4.03. The molecule has 0 amide bonds. The molecule has 1 atom stereocenters. The van der Waals surface area contributed by atoms with Gasteiger partial charge >= 0.3 is 0 Å². The highest BCUT2D eigenvalue weighted by atomic mass is 19.1. The van der Waals surface area contributed by atoms with E-state index in [1.54, 1.807) is 43.4 Å². The van der Waals surface area contributed by atoms with Crippen molar-refractivity contribution in [1.29, 1.82) is 0 Å². The molecule has 0 saturated carbocycles. The zero-order valence-corrected chi connectivity index (χ0v) is 20.2. The van der Waals surface area contributed by atoms with Crippen LogP contribution in [0.4, 0.5) is 20.3 Å². The average Bonchev–Trinajstić information content (AvgIpc) is 2.92. The monoisotopic (exact) mass is 501 g/mol. The Bertz CT molecular complexity index is 1480. The molecule has 188 valence electrons. The summed E-state index contributed by atoms with van der Waals surface area (Å²) in [6, 6.07) is 16.6. The van der Waals surface area contributed by atoms with Gasteiger partial charge in [0.15, 0.2) is 0 Å². The van der Waals surface area contributed by atoms with Gasteiger partial charge in [-0.05, 0) is 47.5 Å². The summed E-state index contributed by atoms with van der Waals surface area (Å²) in [7, 11) is 1.66. The molecule has 7 nitrogen and oxygen atoms in total. The summed E-state index contributed by atoms with van der Waals surface area (Å²) in [5, 5.41) is 10.4. The smallest absolute Gasteiger partial charge is 0.270 e. The molecule has 1 aliphatic rings. The van der Waals surface area contributed by atoms with Gasteiger partial charge in [0.25, 0.3) is 11.4 Å². The van der Waals surface area contributed by atoms with Crippen molar-refractivity contribution >= 4 is 22.5 Å². The highest BCUT2D eigenvalue weighted by Crippen LogP contribution is 2.34. The molecule has 1 aliphatic heterocycles. The van der Waals surface area contributed by atoms with Crippen LogP contribution in [0.25, 0.3) is 15.9 Å². The molecule has 0 radical (unpaired) electrons. The molecule has 0 bridgehead atoms. The maximum absolute atomic E-state index is 13.7. The molecule has 2 aromatic heterocycles. The summed E-state index contributed by atoms with van der Waals surface area (Å²) < 4.78 is 28.9. The standard InChI is InChI=1S/C28H25F2N5O2/c1-31-25-12-11-23-27(32-25)24(15-26(37)33(23)2)35-14-13-34(16-22(35)17-36)28(18-3-7-20(29)8-4-18)19-5-9-21(30)10-6-19/h3-12,15,22,28,36H,13-14,16-17H2,2H3. The van der Waals surface area contributed by atoms with Crippen LogP contribution < -0.4 is 10.5 Å². The number of anilines is 1. The molecule has 1 unspecified atom stereocenters. The van der Waals surface area contributed by atoms with Crippen LogP contribution in [0.2, 0.25) is 0 Å². The molecule has 3 heterocycles. The second-order valence-electron chi connectivity index (χ2n) is 9.11. The van der Waals surface area contributed by atoms with Crippen LogP contribution in [-0.2, 0) is 7.05 Å². The lowest BCUT2D eigenvalue weighted by Gasteiger charge is -2.45. The predicted molar refractivity (Wildman–Crippen MR) is 138 cm³/mol. The zero-order valence-electron chi connectivity index (χ0n) is 20.2. The highest BCUT2D eigenvalue weighted by Gasteiger charge is 2.34. The normalized spacial score (nSPS) is 16.3. The molecular weight excluding hydrogens is 476 g/mol. The Morgan fingerprint density at radius 1 is 1.03 bits per heavy atom. The van der Waals surface area contributed by atoms with Gasteiger partial charge in [-0.3, -0.25) is 9.69 Å². The number of halogens is 2. The first-order valence-corrected chi connectivity index (χ1v) is 11.9. The van der Waals surface area contributed by atoms with Crippen LogP contribution in [0.1, 0.15) is 17.2 Å². The number of benzene rings is 2. The van der Waals surface area contributed by atoms with Crippen molar-refractivity contribution in [1.82, 2.24) is 14.5 Å². The maximum Gasteiger partial charge on any atom is 0.270 e. The van der Waals surface area contributed by atoms with E-state index in [9.17, 15) is 18.7 Å². The van der Waals surface area contributed by atoms with Gasteiger partial charge in [-0.1, -0.05) is 30.8 Å². The molecule has 9 heteroatoms. The molecule has 0 aliphatic carbocycles. The quantitative estimate of drug-likeness (QED) is 0.419. The summed E-state index contributed by atoms with van der Waals surface area (Å²) in [5.41, 5.74) is 3.18. The zero-order chi connectivity index (χ0) is 26.1. The van der Waals surface area contributed by atoms with Crippen molar-refractivity contribution in [3.8, 4) is 0 Å². The van der Waals surface area contributed by atoms with Crippen molar-refractivity contribution in [2.75, 3.05) is 31.1 Å². The number of nitrogens with zero attached hydrogens (tertiary/aromatic N) is 5. The summed E-state index contributed by atoms with van der Waals surface area (Å²) >= 11 is 0. The first-order valence-electron chi connectivity index (χ1n) is 11.9. The first-order chi connectivity index (χ1) is 17.9. The summed E-state index contributed by atoms with van der Waals surface area (Å²) in [6.07, 6.45) is 0. The fourth-order valence-corrected chi connectivity index (χ4v) is 5.07. The molecule has 37 heavy (non-hydrogen) atoms. The number of aromatic nitrogens is 2. The summed E-state index contributed by atoms with van der Waals surface area (Å²) in [6.45, 7) is 8.62. The summed E-state index contributed by atoms with van der Waals surface area (Å²) in [4.78, 5) is 24.8. The lowest BCUT2D eigenvalue weighted by Crippen LogP contribution is -2.56. The number of fused-ring (bicyclic) bond motifs is 1. The van der Waals surface area contributed by atoms with E-state index >= 15 is 0 Å². The van der Waals surface area contributed by atoms with E-state index in [0.29, 0.717) is 36.4 Å². The third kappa shape index (κ3) is 4.69. The number of hydrogen-bond donors (Lipinski definition) is 1. The minimum Gasteiger partial charge on any atom is -0.394 e. The number of piperazine rings is 1. The lowest BCUT2D eigenvalue weighted by atomic mass is 9.95. The lowest BCUT2D eigenvalue weighted by molar-refractivity contribution is 0.145. The fraction of sp³-hybridized carbons (Fsp3) is 0.250. The van der Waals surface area contributed by atoms with Crippen LogP contribution in [0.5, 0.6) is 0 Å². The van der Waals surface area contributed by atoms with E-state index in [1.807, 2.05) is 4.90 Å². The maximum atomic E-state index is 13.7. The first kappa shape index (κ1) is 24.6. The van der Waals surface area contributed by atoms with Crippen molar-refractivity contribution in [3.63, 3.8) is 0 Å². The Balaban J connectivity index is 1.54. The topological polar surface area (TPSA) is 66.0 Å². The van der Waals surface area contributed by atoms with Gasteiger partial charge in [-0.25, -0.2) is 8.78 Å². The molecule has 2 aromatic carbocycles. The largest absolute Gasteiger partial charge is 0.394 e. The fourth-order valence-electron chi connectivity index (χ4n) is 5.07. The van der Waals surface area contributed by atoms with Crippen molar-refractivity contribution < 1.29 is 13.9 Å². The van der Waals surface area contributed by atoms with E-state index in [4.69, 9.17) is 6.57 Å². The Morgan fingerprint density at radius 2 is 1.65 bits per heavy atom. The molecule has 1 N–H and O–H groups in total. The third-order valence-electron chi connectivity index (χ3n) is 6.94. The van der Waals surface area contributed by atoms with Crippen molar-refractivity contribution in [2.45, 2.75) is 12.1 Å². The molecule has 0 spiro atoms. The van der Waals surface area contributed by atoms with Gasteiger partial charge in [0, 0.05) is 32.7 Å². The number of pyridine rings is 2. The average molecular weight is 502 g/mol. The van der Waals surface area contributed by atoms with Crippen LogP contribution in [0.3, 0.4) is 0 Å². The van der Waals surface area contributed by atoms with Crippen molar-refractivity contribution in [2.24, 2.45) is 7.05 Å².